The average Bonchev–Trinajstić information content (AvgIpc) is 2.65. The quantitative estimate of drug-likeness (QED) is 0.812. The molecule has 1 N–H and O–H groups in total. The molecule has 0 saturated carbocycles. The minimum absolute atomic E-state index is 0.208. The van der Waals surface area contributed by atoms with E-state index in [1.165, 1.54) is 0 Å². The molecular formula is C19H22F2N2O3S. The van der Waals surface area contributed by atoms with Crippen molar-refractivity contribution in [2.45, 2.75) is 24.7 Å². The van der Waals surface area contributed by atoms with Crippen LogP contribution in [0.5, 0.6) is 0 Å². The lowest BCUT2D eigenvalue weighted by Crippen LogP contribution is -2.36. The van der Waals surface area contributed by atoms with Crippen LogP contribution in [0.2, 0.25) is 0 Å². The minimum Gasteiger partial charge on any atom is -0.381 e. The summed E-state index contributed by atoms with van der Waals surface area (Å²) >= 11 is 0. The summed E-state index contributed by atoms with van der Waals surface area (Å²) in [6, 6.07) is 9.77. The third-order valence-electron chi connectivity index (χ3n) is 4.63. The van der Waals surface area contributed by atoms with Gasteiger partial charge in [0.05, 0.1) is 11.9 Å². The number of sulfonamides is 1. The van der Waals surface area contributed by atoms with Gasteiger partial charge < -0.3 is 9.64 Å². The Bertz CT molecular complexity index is 880. The molecule has 1 heterocycles. The largest absolute Gasteiger partial charge is 0.381 e. The second-order valence-electron chi connectivity index (χ2n) is 6.57. The van der Waals surface area contributed by atoms with Gasteiger partial charge in [0, 0.05) is 37.1 Å². The fraction of sp³-hybridized carbons (Fsp3) is 0.368. The van der Waals surface area contributed by atoms with Crippen LogP contribution in [0.3, 0.4) is 0 Å². The number of anilines is 2. The molecule has 0 spiro atoms. The Balaban J connectivity index is 1.64. The number of hydrogen-bond acceptors (Lipinski definition) is 4. The lowest BCUT2D eigenvalue weighted by molar-refractivity contribution is 0.0819. The number of ether oxygens (including phenoxy) is 1. The number of halogens is 2. The van der Waals surface area contributed by atoms with Crippen LogP contribution in [0.1, 0.15) is 18.4 Å². The SMILES string of the molecule is COC1CCN(c2ccc(NS(=O)(=O)Cc3cc(F)ccc3F)cc2)CC1. The molecule has 0 aromatic heterocycles. The van der Waals surface area contributed by atoms with Crippen molar-refractivity contribution in [2.24, 2.45) is 0 Å². The van der Waals surface area contributed by atoms with Crippen LogP contribution < -0.4 is 9.62 Å². The zero-order valence-corrected chi connectivity index (χ0v) is 15.8. The van der Waals surface area contributed by atoms with Gasteiger partial charge in [0.2, 0.25) is 10.0 Å². The Morgan fingerprint density at radius 1 is 1.11 bits per heavy atom. The summed E-state index contributed by atoms with van der Waals surface area (Å²) < 4.78 is 59.2. The molecular weight excluding hydrogens is 374 g/mol. The maximum atomic E-state index is 13.7. The predicted molar refractivity (Wildman–Crippen MR) is 101 cm³/mol. The molecule has 27 heavy (non-hydrogen) atoms. The van der Waals surface area contributed by atoms with Crippen molar-refractivity contribution in [3.63, 3.8) is 0 Å². The van der Waals surface area contributed by atoms with Crippen LogP contribution in [0.15, 0.2) is 42.5 Å². The Kier molecular flexibility index (Phi) is 5.96. The van der Waals surface area contributed by atoms with Crippen LogP contribution >= 0.6 is 0 Å². The number of rotatable bonds is 6. The predicted octanol–water partition coefficient (Wildman–Crippen LogP) is 3.52. The Morgan fingerprint density at radius 3 is 2.41 bits per heavy atom. The first kappa shape index (κ1) is 19.6. The van der Waals surface area contributed by atoms with E-state index in [0.29, 0.717) is 5.69 Å². The van der Waals surface area contributed by atoms with Gasteiger partial charge in [-0.2, -0.15) is 0 Å². The maximum Gasteiger partial charge on any atom is 0.237 e. The van der Waals surface area contributed by atoms with Crippen molar-refractivity contribution in [3.8, 4) is 0 Å². The van der Waals surface area contributed by atoms with E-state index in [9.17, 15) is 17.2 Å². The lowest BCUT2D eigenvalue weighted by Gasteiger charge is -2.33. The third-order valence-corrected chi connectivity index (χ3v) is 5.87. The fourth-order valence-electron chi connectivity index (χ4n) is 3.16. The molecule has 8 heteroatoms. The number of benzene rings is 2. The second-order valence-corrected chi connectivity index (χ2v) is 8.29. The van der Waals surface area contributed by atoms with Gasteiger partial charge in [-0.05, 0) is 55.3 Å². The van der Waals surface area contributed by atoms with Crippen molar-refractivity contribution in [1.29, 1.82) is 0 Å². The van der Waals surface area contributed by atoms with Gasteiger partial charge in [-0.3, -0.25) is 4.72 Å². The van der Waals surface area contributed by atoms with Crippen molar-refractivity contribution in [1.82, 2.24) is 0 Å². The van der Waals surface area contributed by atoms with Crippen LogP contribution in [0, 0.1) is 11.6 Å². The summed E-state index contributed by atoms with van der Waals surface area (Å²) in [6.07, 6.45) is 2.18. The first-order valence-corrected chi connectivity index (χ1v) is 10.3. The van der Waals surface area contributed by atoms with Gasteiger partial charge in [-0.25, -0.2) is 17.2 Å². The molecule has 0 amide bonds. The summed E-state index contributed by atoms with van der Waals surface area (Å²) in [7, 11) is -2.14. The summed E-state index contributed by atoms with van der Waals surface area (Å²) in [5.41, 5.74) is 1.17. The van der Waals surface area contributed by atoms with E-state index in [0.717, 1.165) is 49.8 Å². The molecule has 3 rings (SSSR count). The zero-order chi connectivity index (χ0) is 19.4. The maximum absolute atomic E-state index is 13.7. The van der Waals surface area contributed by atoms with E-state index < -0.39 is 27.4 Å². The summed E-state index contributed by atoms with van der Waals surface area (Å²) in [6.45, 7) is 1.75. The minimum atomic E-state index is -3.86. The Hall–Kier alpha value is -2.19. The molecule has 0 unspecified atom stereocenters. The molecule has 2 aromatic rings. The topological polar surface area (TPSA) is 58.6 Å². The van der Waals surface area contributed by atoms with Crippen molar-refractivity contribution in [3.05, 3.63) is 59.7 Å². The number of piperidine rings is 1. The zero-order valence-electron chi connectivity index (χ0n) is 15.0. The van der Waals surface area contributed by atoms with Crippen molar-refractivity contribution in [2.75, 3.05) is 29.8 Å². The standard InChI is InChI=1S/C19H22F2N2O3S/c1-26-18-8-10-23(11-9-18)17-5-3-16(4-6-17)22-27(24,25)13-14-12-15(20)2-7-19(14)21/h2-7,12,18,22H,8-11,13H2,1H3. The molecule has 1 saturated heterocycles. The highest BCUT2D eigenvalue weighted by atomic mass is 32.2. The third kappa shape index (κ3) is 5.17. The normalized spacial score (nSPS) is 15.7. The molecule has 146 valence electrons. The summed E-state index contributed by atoms with van der Waals surface area (Å²) in [4.78, 5) is 2.22. The Morgan fingerprint density at radius 2 is 1.78 bits per heavy atom. The van der Waals surface area contributed by atoms with Crippen LogP contribution in [-0.4, -0.2) is 34.7 Å². The molecule has 0 aliphatic carbocycles. The molecule has 5 nitrogen and oxygen atoms in total. The van der Waals surface area contributed by atoms with E-state index >= 15 is 0 Å². The molecule has 1 aliphatic heterocycles. The highest BCUT2D eigenvalue weighted by Crippen LogP contribution is 2.24. The number of hydrogen-bond donors (Lipinski definition) is 1. The lowest BCUT2D eigenvalue weighted by atomic mass is 10.1. The Labute approximate surface area is 158 Å². The first-order chi connectivity index (χ1) is 12.9. The van der Waals surface area contributed by atoms with Crippen molar-refractivity contribution >= 4 is 21.4 Å². The molecule has 1 aliphatic rings. The summed E-state index contributed by atoms with van der Waals surface area (Å²) in [5, 5.41) is 0. The number of nitrogens with one attached hydrogen (secondary N) is 1. The van der Waals surface area contributed by atoms with E-state index in [2.05, 4.69) is 9.62 Å². The van der Waals surface area contributed by atoms with Crippen LogP contribution in [0.4, 0.5) is 20.2 Å². The van der Waals surface area contributed by atoms with E-state index in [-0.39, 0.29) is 11.7 Å². The smallest absolute Gasteiger partial charge is 0.237 e. The van der Waals surface area contributed by atoms with Crippen LogP contribution in [0.25, 0.3) is 0 Å². The van der Waals surface area contributed by atoms with Gasteiger partial charge in [-0.1, -0.05) is 0 Å². The van der Waals surface area contributed by atoms with Crippen LogP contribution in [-0.2, 0) is 20.5 Å². The summed E-state index contributed by atoms with van der Waals surface area (Å²) in [5.74, 6) is -2.07. The van der Waals surface area contributed by atoms with Gasteiger partial charge >= 0.3 is 0 Å². The average molecular weight is 396 g/mol. The second kappa shape index (κ2) is 8.22. The molecule has 1 fully saturated rings. The van der Waals surface area contributed by atoms with Gasteiger partial charge in [0.1, 0.15) is 11.6 Å². The monoisotopic (exact) mass is 396 g/mol. The molecule has 2 aromatic carbocycles. The van der Waals surface area contributed by atoms with Gasteiger partial charge in [0.15, 0.2) is 0 Å². The highest BCUT2D eigenvalue weighted by Gasteiger charge is 2.19. The molecule has 0 bridgehead atoms. The number of nitrogens with zero attached hydrogens (tertiary/aromatic N) is 1. The number of methoxy groups -OCH3 is 1. The van der Waals surface area contributed by atoms with Crippen molar-refractivity contribution < 1.29 is 21.9 Å². The first-order valence-electron chi connectivity index (χ1n) is 8.68. The van der Waals surface area contributed by atoms with E-state index in [1.807, 2.05) is 12.1 Å². The molecule has 0 radical (unpaired) electrons. The van der Waals surface area contributed by atoms with E-state index in [4.69, 9.17) is 4.74 Å². The fourth-order valence-corrected chi connectivity index (χ4v) is 4.36. The highest BCUT2D eigenvalue weighted by molar-refractivity contribution is 7.91. The molecule has 0 atom stereocenters. The van der Waals surface area contributed by atoms with E-state index in [1.54, 1.807) is 19.2 Å². The van der Waals surface area contributed by atoms with Gasteiger partial charge in [0.25, 0.3) is 0 Å². The van der Waals surface area contributed by atoms with Gasteiger partial charge in [-0.15, -0.1) is 0 Å².